The Morgan fingerprint density at radius 1 is 0.778 bits per heavy atom. The fraction of sp³-hybridized carbons (Fsp3) is 0.208. The average Bonchev–Trinajstić information content (AvgIpc) is 3.18. The van der Waals surface area contributed by atoms with Gasteiger partial charge in [0, 0.05) is 5.56 Å². The smallest absolute Gasteiger partial charge is 0.219 e. The van der Waals surface area contributed by atoms with Crippen molar-refractivity contribution in [3.63, 3.8) is 0 Å². The summed E-state index contributed by atoms with van der Waals surface area (Å²) in [6.45, 7) is 6.66. The molecule has 0 radical (unpaired) electrons. The zero-order chi connectivity index (χ0) is 18.9. The number of hydrogen-bond acceptors (Lipinski definition) is 3. The van der Waals surface area contributed by atoms with E-state index in [-0.39, 0.29) is 11.6 Å². The van der Waals surface area contributed by atoms with Gasteiger partial charge in [-0.05, 0) is 34.2 Å². The molecular formula is C24H24N2O. The van der Waals surface area contributed by atoms with Crippen LogP contribution in [0.1, 0.15) is 38.1 Å². The molecule has 0 saturated carbocycles. The second kappa shape index (κ2) is 6.92. The van der Waals surface area contributed by atoms with Crippen LogP contribution in [0.25, 0.3) is 11.1 Å². The highest BCUT2D eigenvalue weighted by molar-refractivity contribution is 5.67. The van der Waals surface area contributed by atoms with E-state index in [1.807, 2.05) is 11.1 Å². The van der Waals surface area contributed by atoms with Gasteiger partial charge in [-0.1, -0.05) is 87.5 Å². The lowest BCUT2D eigenvalue weighted by atomic mass is 9.86. The Kier molecular flexibility index (Phi) is 4.44. The molecule has 0 aromatic heterocycles. The zero-order valence-corrected chi connectivity index (χ0v) is 16.0. The van der Waals surface area contributed by atoms with Crippen LogP contribution in [0.2, 0.25) is 0 Å². The lowest BCUT2D eigenvalue weighted by Crippen LogP contribution is -2.20. The van der Waals surface area contributed by atoms with Gasteiger partial charge in [0.2, 0.25) is 6.23 Å². The summed E-state index contributed by atoms with van der Waals surface area (Å²) < 4.78 is 5.78. The number of benzene rings is 3. The zero-order valence-electron chi connectivity index (χ0n) is 16.0. The van der Waals surface area contributed by atoms with Crippen LogP contribution in [0.5, 0.6) is 0 Å². The summed E-state index contributed by atoms with van der Waals surface area (Å²) in [6, 6.07) is 27.4. The molecule has 1 aliphatic heterocycles. The minimum Gasteiger partial charge on any atom is -0.452 e. The number of anilines is 1. The first-order chi connectivity index (χ1) is 13.0. The van der Waals surface area contributed by atoms with Crippen molar-refractivity contribution in [1.29, 1.82) is 0 Å². The van der Waals surface area contributed by atoms with Crippen LogP contribution in [-0.2, 0) is 10.2 Å². The van der Waals surface area contributed by atoms with Gasteiger partial charge >= 0.3 is 0 Å². The van der Waals surface area contributed by atoms with Crippen molar-refractivity contribution in [3.8, 4) is 11.1 Å². The molecule has 3 aromatic carbocycles. The minimum atomic E-state index is -0.235. The second-order valence-electron chi connectivity index (χ2n) is 7.84. The molecular weight excluding hydrogens is 332 g/mol. The highest BCUT2D eigenvalue weighted by atomic mass is 16.5. The van der Waals surface area contributed by atoms with Crippen molar-refractivity contribution < 1.29 is 4.74 Å². The topological polar surface area (TPSA) is 24.8 Å². The van der Waals surface area contributed by atoms with E-state index in [9.17, 15) is 0 Å². The molecule has 1 unspecified atom stereocenters. The molecule has 0 aliphatic carbocycles. The standard InChI is InChI=1S/C24H24N2O/c1-24(2,3)21-13-9-20(10-14-21)23-26(25-17-27-23)22-15-11-19(12-16-22)18-7-5-4-6-8-18/h4-17,23H,1-3H3. The number of rotatable bonds is 3. The van der Waals surface area contributed by atoms with Crippen molar-refractivity contribution >= 4 is 12.1 Å². The highest BCUT2D eigenvalue weighted by Crippen LogP contribution is 2.33. The molecule has 1 heterocycles. The summed E-state index contributed by atoms with van der Waals surface area (Å²) in [5.74, 6) is 0. The SMILES string of the molecule is CC(C)(C)c1ccc(C2OC=NN2c2ccc(-c3ccccc3)cc2)cc1. The van der Waals surface area contributed by atoms with Crippen molar-refractivity contribution in [1.82, 2.24) is 0 Å². The van der Waals surface area contributed by atoms with Gasteiger partial charge in [-0.15, -0.1) is 5.10 Å². The molecule has 136 valence electrons. The maximum atomic E-state index is 5.78. The van der Waals surface area contributed by atoms with E-state index in [0.717, 1.165) is 11.3 Å². The molecule has 3 heteroatoms. The summed E-state index contributed by atoms with van der Waals surface area (Å²) in [4.78, 5) is 0. The van der Waals surface area contributed by atoms with Crippen molar-refractivity contribution in [2.45, 2.75) is 32.4 Å². The third kappa shape index (κ3) is 3.59. The fourth-order valence-electron chi connectivity index (χ4n) is 3.26. The van der Waals surface area contributed by atoms with Crippen LogP contribution in [0, 0.1) is 0 Å². The van der Waals surface area contributed by atoms with Gasteiger partial charge in [0.1, 0.15) is 0 Å². The van der Waals surface area contributed by atoms with Crippen molar-refractivity contribution in [2.75, 3.05) is 5.01 Å². The van der Waals surface area contributed by atoms with Crippen LogP contribution in [-0.4, -0.2) is 6.40 Å². The molecule has 0 bridgehead atoms. The van der Waals surface area contributed by atoms with E-state index >= 15 is 0 Å². The predicted molar refractivity (Wildman–Crippen MR) is 112 cm³/mol. The van der Waals surface area contributed by atoms with Crippen molar-refractivity contribution in [2.24, 2.45) is 5.10 Å². The van der Waals surface area contributed by atoms with Crippen LogP contribution in [0.3, 0.4) is 0 Å². The van der Waals surface area contributed by atoms with E-state index in [2.05, 4.69) is 98.7 Å². The van der Waals surface area contributed by atoms with Gasteiger partial charge in [-0.2, -0.15) is 0 Å². The Hall–Kier alpha value is -3.07. The maximum absolute atomic E-state index is 5.78. The normalized spacial score (nSPS) is 16.4. The molecule has 0 amide bonds. The minimum absolute atomic E-state index is 0.137. The van der Waals surface area contributed by atoms with E-state index in [0.29, 0.717) is 0 Å². The maximum Gasteiger partial charge on any atom is 0.219 e. The molecule has 0 saturated heterocycles. The van der Waals surface area contributed by atoms with Crippen LogP contribution >= 0.6 is 0 Å². The van der Waals surface area contributed by atoms with Crippen LogP contribution in [0.15, 0.2) is 84.0 Å². The van der Waals surface area contributed by atoms with E-state index in [4.69, 9.17) is 4.74 Å². The molecule has 0 spiro atoms. The van der Waals surface area contributed by atoms with Gasteiger partial charge in [-0.3, -0.25) is 0 Å². The predicted octanol–water partition coefficient (Wildman–Crippen LogP) is 6.13. The van der Waals surface area contributed by atoms with Gasteiger partial charge in [-0.25, -0.2) is 5.01 Å². The Labute approximate surface area is 160 Å². The summed E-state index contributed by atoms with van der Waals surface area (Å²) >= 11 is 0. The van der Waals surface area contributed by atoms with E-state index in [1.54, 1.807) is 0 Å². The summed E-state index contributed by atoms with van der Waals surface area (Å²) in [6.07, 6.45) is 1.29. The highest BCUT2D eigenvalue weighted by Gasteiger charge is 2.26. The second-order valence-corrected chi connectivity index (χ2v) is 7.84. The molecule has 1 atom stereocenters. The van der Waals surface area contributed by atoms with Gasteiger partial charge in [0.15, 0.2) is 6.40 Å². The van der Waals surface area contributed by atoms with Crippen molar-refractivity contribution in [3.05, 3.63) is 90.0 Å². The summed E-state index contributed by atoms with van der Waals surface area (Å²) in [7, 11) is 0. The summed E-state index contributed by atoms with van der Waals surface area (Å²) in [5.41, 5.74) is 5.94. The van der Waals surface area contributed by atoms with Gasteiger partial charge in [0.25, 0.3) is 0 Å². The molecule has 3 aromatic rings. The summed E-state index contributed by atoms with van der Waals surface area (Å²) in [5, 5.41) is 6.34. The average molecular weight is 356 g/mol. The molecule has 27 heavy (non-hydrogen) atoms. The van der Waals surface area contributed by atoms with E-state index in [1.165, 1.54) is 23.1 Å². The van der Waals surface area contributed by atoms with Gasteiger partial charge in [0.05, 0.1) is 5.69 Å². The lowest BCUT2D eigenvalue weighted by Gasteiger charge is -2.24. The Morgan fingerprint density at radius 2 is 1.41 bits per heavy atom. The third-order valence-electron chi connectivity index (χ3n) is 4.88. The number of hydrogen-bond donors (Lipinski definition) is 0. The fourth-order valence-corrected chi connectivity index (χ4v) is 3.26. The quantitative estimate of drug-likeness (QED) is 0.564. The van der Waals surface area contributed by atoms with Crippen LogP contribution in [0.4, 0.5) is 5.69 Å². The molecule has 0 fully saturated rings. The lowest BCUT2D eigenvalue weighted by molar-refractivity contribution is 0.227. The third-order valence-corrected chi connectivity index (χ3v) is 4.88. The Morgan fingerprint density at radius 3 is 2.04 bits per heavy atom. The first-order valence-electron chi connectivity index (χ1n) is 9.25. The van der Waals surface area contributed by atoms with E-state index < -0.39 is 0 Å². The molecule has 4 rings (SSSR count). The molecule has 3 nitrogen and oxygen atoms in total. The molecule has 1 aliphatic rings. The Bertz CT molecular complexity index is 923. The molecule has 0 N–H and O–H groups in total. The first kappa shape index (κ1) is 17.3. The number of hydrazone groups is 1. The first-order valence-corrected chi connectivity index (χ1v) is 9.25. The number of ether oxygens (including phenoxy) is 1. The van der Waals surface area contributed by atoms with Crippen LogP contribution < -0.4 is 5.01 Å². The number of nitrogens with zero attached hydrogens (tertiary/aromatic N) is 2. The Balaban J connectivity index is 1.57. The monoisotopic (exact) mass is 356 g/mol. The largest absolute Gasteiger partial charge is 0.452 e. The van der Waals surface area contributed by atoms with Gasteiger partial charge < -0.3 is 4.74 Å².